The zero-order valence-electron chi connectivity index (χ0n) is 13.0. The quantitative estimate of drug-likeness (QED) is 0.747. The smallest absolute Gasteiger partial charge is 0.0641 e. The summed E-state index contributed by atoms with van der Waals surface area (Å²) in [6, 6.07) is 0.312. The number of hydrogen-bond donors (Lipinski definition) is 1. The Morgan fingerprint density at radius 1 is 1.26 bits per heavy atom. The molecule has 0 aliphatic rings. The van der Waals surface area contributed by atoms with Crippen molar-refractivity contribution < 1.29 is 0 Å². The Kier molecular flexibility index (Phi) is 7.10. The molecule has 110 valence electrons. The van der Waals surface area contributed by atoms with Crippen molar-refractivity contribution >= 4 is 0 Å². The molecule has 4 heteroatoms. The van der Waals surface area contributed by atoms with Gasteiger partial charge in [0, 0.05) is 25.4 Å². The Bertz CT molecular complexity index is 351. The third kappa shape index (κ3) is 4.62. The summed E-state index contributed by atoms with van der Waals surface area (Å²) in [5, 5.41) is 4.46. The van der Waals surface area contributed by atoms with Gasteiger partial charge in [0.05, 0.1) is 11.7 Å². The highest BCUT2D eigenvalue weighted by Gasteiger charge is 2.21. The van der Waals surface area contributed by atoms with Crippen molar-refractivity contribution in [2.75, 3.05) is 19.6 Å². The SMILES string of the molecule is CCCCN(CCCC)C(CN)c1cn(C)nc1C. The normalized spacial score (nSPS) is 13.2. The lowest BCUT2D eigenvalue weighted by molar-refractivity contribution is 0.195. The maximum Gasteiger partial charge on any atom is 0.0641 e. The summed E-state index contributed by atoms with van der Waals surface area (Å²) in [4.78, 5) is 2.54. The molecule has 1 heterocycles. The summed E-state index contributed by atoms with van der Waals surface area (Å²) in [5.41, 5.74) is 8.45. The van der Waals surface area contributed by atoms with Crippen LogP contribution in [0.25, 0.3) is 0 Å². The van der Waals surface area contributed by atoms with Crippen LogP contribution in [0.4, 0.5) is 0 Å². The summed E-state index contributed by atoms with van der Waals surface area (Å²) < 4.78 is 1.89. The predicted molar refractivity (Wildman–Crippen MR) is 81.1 cm³/mol. The van der Waals surface area contributed by atoms with Crippen molar-refractivity contribution in [2.45, 2.75) is 52.5 Å². The molecule has 1 aromatic heterocycles. The molecule has 0 spiro atoms. The maximum atomic E-state index is 6.05. The molecule has 4 nitrogen and oxygen atoms in total. The fraction of sp³-hybridized carbons (Fsp3) is 0.800. The molecule has 1 unspecified atom stereocenters. The second-order valence-electron chi connectivity index (χ2n) is 5.34. The fourth-order valence-corrected chi connectivity index (χ4v) is 2.56. The molecule has 0 saturated heterocycles. The molecule has 2 N–H and O–H groups in total. The molecule has 0 bridgehead atoms. The lowest BCUT2D eigenvalue weighted by Gasteiger charge is -2.30. The van der Waals surface area contributed by atoms with Crippen molar-refractivity contribution in [1.82, 2.24) is 14.7 Å². The average molecular weight is 266 g/mol. The van der Waals surface area contributed by atoms with E-state index in [-0.39, 0.29) is 0 Å². The molecular formula is C15H30N4. The molecule has 0 saturated carbocycles. The summed E-state index contributed by atoms with van der Waals surface area (Å²) >= 11 is 0. The van der Waals surface area contributed by atoms with E-state index in [1.165, 1.54) is 31.2 Å². The first-order chi connectivity index (χ1) is 9.13. The van der Waals surface area contributed by atoms with E-state index in [0.717, 1.165) is 18.8 Å². The second kappa shape index (κ2) is 8.33. The standard InChI is InChI=1S/C15H30N4/c1-5-7-9-19(10-8-6-2)15(11-16)14-12-18(4)17-13(14)3/h12,15H,5-11,16H2,1-4H3. The number of nitrogens with zero attached hydrogens (tertiary/aromatic N) is 3. The van der Waals surface area contributed by atoms with E-state index < -0.39 is 0 Å². The van der Waals surface area contributed by atoms with Crippen LogP contribution in [0.5, 0.6) is 0 Å². The van der Waals surface area contributed by atoms with E-state index >= 15 is 0 Å². The van der Waals surface area contributed by atoms with Crippen LogP contribution >= 0.6 is 0 Å². The van der Waals surface area contributed by atoms with Gasteiger partial charge in [0.1, 0.15) is 0 Å². The van der Waals surface area contributed by atoms with Crippen LogP contribution in [0.2, 0.25) is 0 Å². The molecule has 0 radical (unpaired) electrons. The number of aryl methyl sites for hydroxylation is 2. The van der Waals surface area contributed by atoms with Crippen LogP contribution in [0, 0.1) is 6.92 Å². The Labute approximate surface area is 118 Å². The molecule has 1 atom stereocenters. The topological polar surface area (TPSA) is 47.1 Å². The van der Waals surface area contributed by atoms with Crippen molar-refractivity contribution in [1.29, 1.82) is 0 Å². The maximum absolute atomic E-state index is 6.05. The Morgan fingerprint density at radius 3 is 2.21 bits per heavy atom. The fourth-order valence-electron chi connectivity index (χ4n) is 2.56. The largest absolute Gasteiger partial charge is 0.329 e. The number of rotatable bonds is 9. The average Bonchev–Trinajstić information content (AvgIpc) is 2.72. The van der Waals surface area contributed by atoms with E-state index in [0.29, 0.717) is 12.6 Å². The van der Waals surface area contributed by atoms with Gasteiger partial charge in [0.2, 0.25) is 0 Å². The summed E-state index contributed by atoms with van der Waals surface area (Å²) in [7, 11) is 1.98. The van der Waals surface area contributed by atoms with Crippen LogP contribution in [0.3, 0.4) is 0 Å². The second-order valence-corrected chi connectivity index (χ2v) is 5.34. The Hall–Kier alpha value is -0.870. The number of nitrogens with two attached hydrogens (primary N) is 1. The van der Waals surface area contributed by atoms with Crippen molar-refractivity contribution in [2.24, 2.45) is 12.8 Å². The molecule has 19 heavy (non-hydrogen) atoms. The molecule has 0 aliphatic heterocycles. The monoisotopic (exact) mass is 266 g/mol. The highest BCUT2D eigenvalue weighted by Crippen LogP contribution is 2.23. The van der Waals surface area contributed by atoms with Gasteiger partial charge >= 0.3 is 0 Å². The van der Waals surface area contributed by atoms with E-state index in [2.05, 4.69) is 37.0 Å². The number of hydrogen-bond acceptors (Lipinski definition) is 3. The van der Waals surface area contributed by atoms with E-state index in [4.69, 9.17) is 5.73 Å². The zero-order chi connectivity index (χ0) is 14.3. The van der Waals surface area contributed by atoms with Gasteiger partial charge < -0.3 is 5.73 Å². The molecule has 1 rings (SSSR count). The van der Waals surface area contributed by atoms with Crippen LogP contribution in [0.1, 0.15) is 56.8 Å². The Balaban J connectivity index is 2.84. The van der Waals surface area contributed by atoms with Gasteiger partial charge in [-0.05, 0) is 32.9 Å². The molecule has 0 fully saturated rings. The lowest BCUT2D eigenvalue weighted by Crippen LogP contribution is -2.35. The highest BCUT2D eigenvalue weighted by molar-refractivity contribution is 5.20. The minimum absolute atomic E-state index is 0.312. The highest BCUT2D eigenvalue weighted by atomic mass is 15.3. The van der Waals surface area contributed by atoms with Crippen LogP contribution in [-0.4, -0.2) is 34.3 Å². The van der Waals surface area contributed by atoms with Crippen molar-refractivity contribution in [3.05, 3.63) is 17.5 Å². The molecule has 0 aliphatic carbocycles. The summed E-state index contributed by atoms with van der Waals surface area (Å²) in [6.07, 6.45) is 7.05. The number of aromatic nitrogens is 2. The molecule has 0 amide bonds. The minimum atomic E-state index is 0.312. The minimum Gasteiger partial charge on any atom is -0.329 e. The van der Waals surface area contributed by atoms with Gasteiger partial charge in [0.25, 0.3) is 0 Å². The zero-order valence-corrected chi connectivity index (χ0v) is 13.0. The van der Waals surface area contributed by atoms with E-state index in [1.807, 2.05) is 11.7 Å². The lowest BCUT2D eigenvalue weighted by atomic mass is 10.1. The first-order valence-electron chi connectivity index (χ1n) is 7.58. The van der Waals surface area contributed by atoms with Gasteiger partial charge in [-0.15, -0.1) is 0 Å². The molecular weight excluding hydrogens is 236 g/mol. The first kappa shape index (κ1) is 16.2. The van der Waals surface area contributed by atoms with Gasteiger partial charge in [-0.1, -0.05) is 26.7 Å². The van der Waals surface area contributed by atoms with E-state index in [9.17, 15) is 0 Å². The third-order valence-electron chi connectivity index (χ3n) is 3.67. The van der Waals surface area contributed by atoms with Gasteiger partial charge in [-0.25, -0.2) is 0 Å². The molecule has 1 aromatic rings. The van der Waals surface area contributed by atoms with Gasteiger partial charge in [-0.2, -0.15) is 5.10 Å². The van der Waals surface area contributed by atoms with Gasteiger partial charge in [-0.3, -0.25) is 9.58 Å². The van der Waals surface area contributed by atoms with Gasteiger partial charge in [0.15, 0.2) is 0 Å². The van der Waals surface area contributed by atoms with Crippen molar-refractivity contribution in [3.8, 4) is 0 Å². The summed E-state index contributed by atoms with van der Waals surface area (Å²) in [5.74, 6) is 0. The van der Waals surface area contributed by atoms with Crippen molar-refractivity contribution in [3.63, 3.8) is 0 Å². The predicted octanol–water partition coefficient (Wildman–Crippen LogP) is 2.63. The van der Waals surface area contributed by atoms with Crippen LogP contribution in [-0.2, 0) is 7.05 Å². The third-order valence-corrected chi connectivity index (χ3v) is 3.67. The van der Waals surface area contributed by atoms with Crippen LogP contribution < -0.4 is 5.73 Å². The summed E-state index contributed by atoms with van der Waals surface area (Å²) in [6.45, 7) is 9.49. The molecule has 0 aromatic carbocycles. The Morgan fingerprint density at radius 2 is 1.84 bits per heavy atom. The first-order valence-corrected chi connectivity index (χ1v) is 7.58. The van der Waals surface area contributed by atoms with Crippen LogP contribution in [0.15, 0.2) is 6.20 Å². The van der Waals surface area contributed by atoms with E-state index in [1.54, 1.807) is 0 Å². The number of unbranched alkanes of at least 4 members (excludes halogenated alkanes) is 2.